The van der Waals surface area contributed by atoms with Gasteiger partial charge in [0.05, 0.1) is 25.0 Å². The van der Waals surface area contributed by atoms with E-state index in [1.54, 1.807) is 30.5 Å². The van der Waals surface area contributed by atoms with Crippen LogP contribution in [0.4, 0.5) is 5.13 Å². The van der Waals surface area contributed by atoms with Crippen LogP contribution in [0.15, 0.2) is 60.9 Å². The number of thiazole rings is 1. The van der Waals surface area contributed by atoms with E-state index >= 15 is 0 Å². The molecular formula is C26H27N3O3S. The van der Waals surface area contributed by atoms with Crippen LogP contribution < -0.4 is 14.4 Å². The molecule has 0 saturated heterocycles. The first-order valence-electron chi connectivity index (χ1n) is 11.0. The lowest BCUT2D eigenvalue weighted by molar-refractivity contribution is 0.0984. The SMILES string of the molecule is CCCCOc1cccc(C(=O)N(Cc2cccnc2)c2nc3c(OC)ccc(C)c3s2)c1. The molecule has 0 aliphatic rings. The zero-order valence-electron chi connectivity index (χ0n) is 19.1. The fourth-order valence-electron chi connectivity index (χ4n) is 3.49. The van der Waals surface area contributed by atoms with Crippen molar-refractivity contribution in [3.63, 3.8) is 0 Å². The lowest BCUT2D eigenvalue weighted by atomic mass is 10.1. The second kappa shape index (κ2) is 10.4. The van der Waals surface area contributed by atoms with Gasteiger partial charge in [-0.25, -0.2) is 4.98 Å². The van der Waals surface area contributed by atoms with Crippen molar-refractivity contribution in [2.75, 3.05) is 18.6 Å². The number of benzene rings is 2. The number of carbonyl (C=O) groups is 1. The summed E-state index contributed by atoms with van der Waals surface area (Å²) >= 11 is 1.49. The summed E-state index contributed by atoms with van der Waals surface area (Å²) in [4.78, 5) is 24.5. The second-order valence-electron chi connectivity index (χ2n) is 7.74. The number of pyridine rings is 1. The Morgan fingerprint density at radius 1 is 1.15 bits per heavy atom. The lowest BCUT2D eigenvalue weighted by Crippen LogP contribution is -2.30. The summed E-state index contributed by atoms with van der Waals surface area (Å²) in [5, 5.41) is 0.615. The van der Waals surface area contributed by atoms with Crippen molar-refractivity contribution in [3.05, 3.63) is 77.6 Å². The molecule has 4 rings (SSSR count). The minimum atomic E-state index is -0.143. The van der Waals surface area contributed by atoms with Crippen molar-refractivity contribution in [2.24, 2.45) is 0 Å². The van der Waals surface area contributed by atoms with Gasteiger partial charge in [0.15, 0.2) is 5.13 Å². The first-order chi connectivity index (χ1) is 16.1. The number of amides is 1. The molecule has 6 nitrogen and oxygen atoms in total. The highest BCUT2D eigenvalue weighted by Crippen LogP contribution is 2.37. The monoisotopic (exact) mass is 461 g/mol. The van der Waals surface area contributed by atoms with Gasteiger partial charge in [0, 0.05) is 18.0 Å². The Balaban J connectivity index is 1.73. The zero-order chi connectivity index (χ0) is 23.2. The number of rotatable bonds is 9. The average molecular weight is 462 g/mol. The fraction of sp³-hybridized carbons (Fsp3) is 0.269. The van der Waals surface area contributed by atoms with Crippen LogP contribution in [0.3, 0.4) is 0 Å². The lowest BCUT2D eigenvalue weighted by Gasteiger charge is -2.20. The van der Waals surface area contributed by atoms with Gasteiger partial charge in [-0.2, -0.15) is 0 Å². The maximum atomic E-state index is 13.7. The molecular weight excluding hydrogens is 434 g/mol. The minimum absolute atomic E-state index is 0.143. The number of methoxy groups -OCH3 is 1. The van der Waals surface area contributed by atoms with Gasteiger partial charge in [-0.15, -0.1) is 0 Å². The van der Waals surface area contributed by atoms with Gasteiger partial charge in [0.25, 0.3) is 5.91 Å². The average Bonchev–Trinajstić information content (AvgIpc) is 3.30. The molecule has 0 N–H and O–H groups in total. The van der Waals surface area contributed by atoms with Gasteiger partial charge in [0.2, 0.25) is 0 Å². The Hall–Kier alpha value is -3.45. The van der Waals surface area contributed by atoms with E-state index in [9.17, 15) is 4.79 Å². The van der Waals surface area contributed by atoms with Crippen LogP contribution in [0.1, 0.15) is 41.3 Å². The molecule has 1 amide bonds. The smallest absolute Gasteiger partial charge is 0.260 e. The number of carbonyl (C=O) groups excluding carboxylic acids is 1. The molecule has 0 bridgehead atoms. The van der Waals surface area contributed by atoms with Crippen LogP contribution in [0.5, 0.6) is 11.5 Å². The molecule has 33 heavy (non-hydrogen) atoms. The quantitative estimate of drug-likeness (QED) is 0.285. The van der Waals surface area contributed by atoms with E-state index in [2.05, 4.69) is 11.9 Å². The van der Waals surface area contributed by atoms with E-state index in [1.807, 2.05) is 49.4 Å². The fourth-order valence-corrected chi connectivity index (χ4v) is 4.54. The topological polar surface area (TPSA) is 64.5 Å². The largest absolute Gasteiger partial charge is 0.494 e. The maximum Gasteiger partial charge on any atom is 0.260 e. The molecule has 0 aliphatic heterocycles. The summed E-state index contributed by atoms with van der Waals surface area (Å²) in [7, 11) is 1.63. The molecule has 0 saturated carbocycles. The highest BCUT2D eigenvalue weighted by molar-refractivity contribution is 7.22. The van der Waals surface area contributed by atoms with Gasteiger partial charge in [-0.05, 0) is 54.8 Å². The number of hydrogen-bond donors (Lipinski definition) is 0. The van der Waals surface area contributed by atoms with Gasteiger partial charge in [-0.3, -0.25) is 14.7 Å². The van der Waals surface area contributed by atoms with E-state index in [4.69, 9.17) is 14.5 Å². The second-order valence-corrected chi connectivity index (χ2v) is 8.72. The Kier molecular flexibility index (Phi) is 7.19. The number of nitrogens with zero attached hydrogens (tertiary/aromatic N) is 3. The van der Waals surface area contributed by atoms with Crippen LogP contribution in [0.2, 0.25) is 0 Å². The van der Waals surface area contributed by atoms with Crippen molar-refractivity contribution in [3.8, 4) is 11.5 Å². The number of anilines is 1. The Bertz CT molecular complexity index is 1240. The number of fused-ring (bicyclic) bond motifs is 1. The van der Waals surface area contributed by atoms with Crippen molar-refractivity contribution >= 4 is 32.6 Å². The summed E-state index contributed by atoms with van der Waals surface area (Å²) in [6.07, 6.45) is 5.51. The van der Waals surface area contributed by atoms with Crippen LogP contribution in [-0.2, 0) is 6.54 Å². The predicted octanol–water partition coefficient (Wildman–Crippen LogP) is 6.03. The number of aryl methyl sites for hydroxylation is 1. The van der Waals surface area contributed by atoms with Crippen molar-refractivity contribution in [1.29, 1.82) is 0 Å². The van der Waals surface area contributed by atoms with E-state index in [0.717, 1.165) is 34.2 Å². The molecule has 0 fully saturated rings. The Morgan fingerprint density at radius 3 is 2.79 bits per heavy atom. The van der Waals surface area contributed by atoms with Gasteiger partial charge < -0.3 is 9.47 Å². The van der Waals surface area contributed by atoms with E-state index in [-0.39, 0.29) is 5.91 Å². The summed E-state index contributed by atoms with van der Waals surface area (Å²) in [6, 6.07) is 15.1. The zero-order valence-corrected chi connectivity index (χ0v) is 19.9. The molecule has 7 heteroatoms. The molecule has 0 radical (unpaired) electrons. The molecule has 2 aromatic carbocycles. The molecule has 4 aromatic rings. The standard InChI is InChI=1S/C26H27N3O3S/c1-4-5-14-32-21-10-6-9-20(15-21)25(30)29(17-19-8-7-13-27-16-19)26-28-23-22(31-3)12-11-18(2)24(23)33-26/h6-13,15-16H,4-5,14,17H2,1-3H3. The molecule has 0 atom stereocenters. The summed E-state index contributed by atoms with van der Waals surface area (Å²) in [5.41, 5.74) is 3.33. The molecule has 2 heterocycles. The van der Waals surface area contributed by atoms with Gasteiger partial charge in [0.1, 0.15) is 17.0 Å². The summed E-state index contributed by atoms with van der Waals surface area (Å²) in [5.74, 6) is 1.24. The van der Waals surface area contributed by atoms with Crippen molar-refractivity contribution in [1.82, 2.24) is 9.97 Å². The normalized spacial score (nSPS) is 10.9. The third-order valence-corrected chi connectivity index (χ3v) is 6.51. The molecule has 0 aliphatic carbocycles. The number of ether oxygens (including phenoxy) is 2. The summed E-state index contributed by atoms with van der Waals surface area (Å²) < 4.78 is 12.3. The molecule has 0 unspecified atom stereocenters. The summed E-state index contributed by atoms with van der Waals surface area (Å²) in [6.45, 7) is 5.14. The van der Waals surface area contributed by atoms with Crippen LogP contribution in [-0.4, -0.2) is 29.6 Å². The number of unbranched alkanes of at least 4 members (excludes halogenated alkanes) is 1. The number of aromatic nitrogens is 2. The molecule has 170 valence electrons. The first kappa shape index (κ1) is 22.7. The van der Waals surface area contributed by atoms with E-state index in [1.165, 1.54) is 11.3 Å². The first-order valence-corrected chi connectivity index (χ1v) is 11.8. The predicted molar refractivity (Wildman–Crippen MR) is 133 cm³/mol. The van der Waals surface area contributed by atoms with Gasteiger partial charge >= 0.3 is 0 Å². The van der Waals surface area contributed by atoms with E-state index in [0.29, 0.717) is 35.3 Å². The Labute approximate surface area is 197 Å². The molecule has 0 spiro atoms. The molecule has 2 aromatic heterocycles. The highest BCUT2D eigenvalue weighted by Gasteiger charge is 2.24. The third kappa shape index (κ3) is 5.14. The van der Waals surface area contributed by atoms with Gasteiger partial charge in [-0.1, -0.05) is 42.9 Å². The third-order valence-electron chi connectivity index (χ3n) is 5.30. The number of hydrogen-bond acceptors (Lipinski definition) is 6. The minimum Gasteiger partial charge on any atom is -0.494 e. The van der Waals surface area contributed by atoms with Crippen LogP contribution >= 0.6 is 11.3 Å². The Morgan fingerprint density at radius 2 is 2.03 bits per heavy atom. The van der Waals surface area contributed by atoms with Crippen LogP contribution in [0, 0.1) is 6.92 Å². The van der Waals surface area contributed by atoms with E-state index < -0.39 is 0 Å². The maximum absolute atomic E-state index is 13.7. The van der Waals surface area contributed by atoms with Crippen molar-refractivity contribution in [2.45, 2.75) is 33.2 Å². The highest BCUT2D eigenvalue weighted by atomic mass is 32.1. The van der Waals surface area contributed by atoms with Crippen molar-refractivity contribution < 1.29 is 14.3 Å². The van der Waals surface area contributed by atoms with Crippen LogP contribution in [0.25, 0.3) is 10.2 Å².